The highest BCUT2D eigenvalue weighted by Crippen LogP contribution is 2.40. The third kappa shape index (κ3) is 8.92. The maximum absolute atomic E-state index is 15.2. The predicted octanol–water partition coefficient (Wildman–Crippen LogP) is 6.29. The van der Waals surface area contributed by atoms with Gasteiger partial charge >= 0.3 is 6.09 Å². The Labute approximate surface area is 270 Å². The number of carbonyl (C=O) groups excluding carboxylic acids is 2. The van der Waals surface area contributed by atoms with Crippen LogP contribution in [-0.4, -0.2) is 57.2 Å². The molecule has 2 aromatic carbocycles. The number of thioether (sulfide) groups is 1. The third-order valence-corrected chi connectivity index (χ3v) is 10.2. The summed E-state index contributed by atoms with van der Waals surface area (Å²) in [7, 11) is -1.27. The van der Waals surface area contributed by atoms with Crippen LogP contribution in [0.25, 0.3) is 11.4 Å². The largest absolute Gasteiger partial charge is 0.444 e. The molecule has 0 saturated carbocycles. The zero-order chi connectivity index (χ0) is 32.9. The lowest BCUT2D eigenvalue weighted by Gasteiger charge is -2.25. The minimum absolute atomic E-state index is 0.0198. The van der Waals surface area contributed by atoms with Gasteiger partial charge in [-0.05, 0) is 76.6 Å². The molecule has 0 bridgehead atoms. The van der Waals surface area contributed by atoms with Crippen LogP contribution in [0.5, 0.6) is 0 Å². The Bertz CT molecular complexity index is 1530. The van der Waals surface area contributed by atoms with Crippen LogP contribution in [0.3, 0.4) is 0 Å². The van der Waals surface area contributed by atoms with Crippen LogP contribution in [-0.2, 0) is 36.4 Å². The molecule has 1 unspecified atom stereocenters. The van der Waals surface area contributed by atoms with E-state index in [9.17, 15) is 13.8 Å². The average molecular weight is 661 g/mol. The van der Waals surface area contributed by atoms with Crippen molar-refractivity contribution in [1.29, 1.82) is 0 Å². The predicted molar refractivity (Wildman–Crippen MR) is 173 cm³/mol. The fourth-order valence-electron chi connectivity index (χ4n) is 4.84. The lowest BCUT2D eigenvalue weighted by molar-refractivity contribution is -0.118. The van der Waals surface area contributed by atoms with E-state index in [0.29, 0.717) is 35.2 Å². The Balaban J connectivity index is 0.000000510. The van der Waals surface area contributed by atoms with Gasteiger partial charge < -0.3 is 24.6 Å². The second-order valence-electron chi connectivity index (χ2n) is 12.4. The molecule has 0 spiro atoms. The van der Waals surface area contributed by atoms with E-state index < -0.39 is 33.1 Å². The van der Waals surface area contributed by atoms with Crippen LogP contribution in [0, 0.1) is 5.82 Å². The van der Waals surface area contributed by atoms with Gasteiger partial charge in [0.25, 0.3) is 0 Å². The molecule has 2 N–H and O–H groups in total. The van der Waals surface area contributed by atoms with Crippen LogP contribution in [0.4, 0.5) is 14.9 Å². The molecule has 5 rings (SSSR count). The van der Waals surface area contributed by atoms with E-state index in [1.807, 2.05) is 0 Å². The van der Waals surface area contributed by atoms with Crippen molar-refractivity contribution in [3.05, 3.63) is 59.2 Å². The standard InChI is InChI=1S/C27H30FN3O4S2.C5H11NO2/c1-27(2,37(3)33)26-29-25(30-35-26)20-14-22-23(15-21(20)28)36-13-10-24(32)31(22)16-17-4-6-18(7-5-17)19-8-11-34-12-9-19;1-5(2,3)8-4(6)7/h4-7,14-15,19H,8-13,16H2,1-3H3;1-3H3,(H2,6,7). The van der Waals surface area contributed by atoms with Crippen molar-refractivity contribution in [1.82, 2.24) is 10.1 Å². The number of rotatable bonds is 6. The molecule has 1 atom stereocenters. The van der Waals surface area contributed by atoms with Gasteiger partial charge in [-0.2, -0.15) is 4.98 Å². The number of nitrogens with two attached hydrogens (primary N) is 1. The Morgan fingerprint density at radius 2 is 1.82 bits per heavy atom. The van der Waals surface area contributed by atoms with Crippen molar-refractivity contribution in [2.45, 2.75) is 81.6 Å². The fraction of sp³-hybridized carbons (Fsp3) is 0.500. The lowest BCUT2D eigenvalue weighted by atomic mass is 9.91. The molecule has 10 nitrogen and oxygen atoms in total. The summed E-state index contributed by atoms with van der Waals surface area (Å²) in [5, 5.41) is 3.97. The lowest BCUT2D eigenvalue weighted by Crippen LogP contribution is -2.30. The minimum atomic E-state index is -1.27. The molecule has 1 saturated heterocycles. The van der Waals surface area contributed by atoms with Crippen LogP contribution in [0.15, 0.2) is 45.8 Å². The van der Waals surface area contributed by atoms with Crippen molar-refractivity contribution in [2.75, 3.05) is 30.1 Å². The van der Waals surface area contributed by atoms with E-state index in [4.69, 9.17) is 15.0 Å². The molecule has 0 radical (unpaired) electrons. The highest BCUT2D eigenvalue weighted by molar-refractivity contribution is 7.99. The maximum Gasteiger partial charge on any atom is 0.405 e. The SMILES string of the molecule is CC(C)(C)OC(N)=O.CS(=O)C(C)(C)c1nc(-c2cc3c(cc2F)SCCC(=O)N3Cc2ccc(C3CCOCC3)cc2)no1. The minimum Gasteiger partial charge on any atom is -0.444 e. The molecule has 2 amide bonds. The molecule has 3 heterocycles. The highest BCUT2D eigenvalue weighted by Gasteiger charge is 2.33. The first-order chi connectivity index (χ1) is 21.2. The summed E-state index contributed by atoms with van der Waals surface area (Å²) in [5.74, 6) is 0.797. The molecule has 1 fully saturated rings. The number of halogens is 1. The van der Waals surface area contributed by atoms with Crippen LogP contribution < -0.4 is 10.6 Å². The van der Waals surface area contributed by atoms with Crippen molar-refractivity contribution in [3.63, 3.8) is 0 Å². The van der Waals surface area contributed by atoms with Gasteiger partial charge in [-0.1, -0.05) is 29.4 Å². The number of anilines is 1. The summed E-state index contributed by atoms with van der Waals surface area (Å²) in [5.41, 5.74) is 7.32. The number of amides is 2. The first-order valence-corrected chi connectivity index (χ1v) is 17.3. The maximum atomic E-state index is 15.2. The molecule has 3 aromatic rings. The number of hydrogen-bond acceptors (Lipinski definition) is 9. The molecule has 1 aromatic heterocycles. The van der Waals surface area contributed by atoms with Crippen LogP contribution in [0.2, 0.25) is 0 Å². The van der Waals surface area contributed by atoms with E-state index in [0.717, 1.165) is 31.6 Å². The highest BCUT2D eigenvalue weighted by atomic mass is 32.2. The van der Waals surface area contributed by atoms with E-state index >= 15 is 4.39 Å². The monoisotopic (exact) mass is 660 g/mol. The van der Waals surface area contributed by atoms with Gasteiger partial charge in [0.15, 0.2) is 0 Å². The first kappa shape index (κ1) is 34.6. The van der Waals surface area contributed by atoms with Crippen LogP contribution in [0.1, 0.15) is 76.8 Å². The third-order valence-electron chi connectivity index (χ3n) is 7.53. The Morgan fingerprint density at radius 1 is 1.16 bits per heavy atom. The Kier molecular flexibility index (Phi) is 11.1. The van der Waals surface area contributed by atoms with Gasteiger partial charge in [0, 0.05) is 47.3 Å². The van der Waals surface area contributed by atoms with Gasteiger partial charge in [0.1, 0.15) is 16.2 Å². The number of ether oxygens (including phenoxy) is 2. The summed E-state index contributed by atoms with van der Waals surface area (Å²) in [4.78, 5) is 29.9. The summed E-state index contributed by atoms with van der Waals surface area (Å²) in [6, 6.07) is 11.5. The number of carbonyl (C=O) groups is 2. The average Bonchev–Trinajstić information content (AvgIpc) is 3.42. The van der Waals surface area contributed by atoms with Crippen molar-refractivity contribution in [3.8, 4) is 11.4 Å². The number of primary amides is 1. The fourth-order valence-corrected chi connectivity index (χ4v) is 6.17. The Morgan fingerprint density at radius 3 is 2.40 bits per heavy atom. The molecule has 45 heavy (non-hydrogen) atoms. The number of benzene rings is 2. The topological polar surface area (TPSA) is 138 Å². The number of nitrogens with zero attached hydrogens (tertiary/aromatic N) is 3. The van der Waals surface area contributed by atoms with Crippen LogP contribution >= 0.6 is 11.8 Å². The van der Waals surface area contributed by atoms with Crippen molar-refractivity contribution in [2.24, 2.45) is 5.73 Å². The van der Waals surface area contributed by atoms with Crippen molar-refractivity contribution < 1.29 is 32.2 Å². The van der Waals surface area contributed by atoms with Gasteiger partial charge in [-0.15, -0.1) is 11.8 Å². The normalized spacial score (nSPS) is 16.7. The van der Waals surface area contributed by atoms with Gasteiger partial charge in [0.2, 0.25) is 17.6 Å². The summed E-state index contributed by atoms with van der Waals surface area (Å²) in [6.07, 6.45) is 3.23. The molecule has 0 aliphatic carbocycles. The molecular weight excluding hydrogens is 620 g/mol. The molecule has 2 aliphatic heterocycles. The summed E-state index contributed by atoms with van der Waals surface area (Å²) >= 11 is 1.46. The van der Waals surface area contributed by atoms with Gasteiger partial charge in [-0.25, -0.2) is 9.18 Å². The quantitative estimate of drug-likeness (QED) is 0.323. The zero-order valence-electron chi connectivity index (χ0n) is 26.6. The summed E-state index contributed by atoms with van der Waals surface area (Å²) in [6.45, 7) is 10.7. The first-order valence-electron chi connectivity index (χ1n) is 14.8. The second-order valence-corrected chi connectivity index (χ2v) is 15.5. The zero-order valence-corrected chi connectivity index (χ0v) is 28.2. The summed E-state index contributed by atoms with van der Waals surface area (Å²) < 4.78 is 41.9. The molecule has 244 valence electrons. The molecule has 2 aliphatic rings. The van der Waals surface area contributed by atoms with E-state index in [1.54, 1.807) is 51.8 Å². The number of fused-ring (bicyclic) bond motifs is 1. The smallest absolute Gasteiger partial charge is 0.405 e. The van der Waals surface area contributed by atoms with E-state index in [-0.39, 0.29) is 23.2 Å². The number of aromatic nitrogens is 2. The number of hydrogen-bond donors (Lipinski definition) is 1. The van der Waals surface area contributed by atoms with Crippen molar-refractivity contribution >= 4 is 40.2 Å². The van der Waals surface area contributed by atoms with Gasteiger partial charge in [0.05, 0.1) is 17.8 Å². The van der Waals surface area contributed by atoms with E-state index in [2.05, 4.69) is 39.1 Å². The Hall–Kier alpha value is -3.29. The van der Waals surface area contributed by atoms with Gasteiger partial charge in [-0.3, -0.25) is 9.00 Å². The molecular formula is C32H41FN4O6S2. The second kappa shape index (κ2) is 14.4. The molecule has 13 heteroatoms. The van der Waals surface area contributed by atoms with E-state index in [1.165, 1.54) is 23.4 Å².